The van der Waals surface area contributed by atoms with Crippen molar-refractivity contribution in [2.24, 2.45) is 0 Å². The Kier molecular flexibility index (Phi) is 4.45. The minimum atomic E-state index is 0.0270. The van der Waals surface area contributed by atoms with Crippen LogP contribution in [0.15, 0.2) is 46.9 Å². The van der Waals surface area contributed by atoms with Gasteiger partial charge >= 0.3 is 0 Å². The highest BCUT2D eigenvalue weighted by molar-refractivity contribution is 9.10. The molecule has 0 bridgehead atoms. The first kappa shape index (κ1) is 13.9. The summed E-state index contributed by atoms with van der Waals surface area (Å²) in [5, 5.41) is 9.18. The van der Waals surface area contributed by atoms with Gasteiger partial charge in [-0.2, -0.15) is 0 Å². The lowest BCUT2D eigenvalue weighted by Crippen LogP contribution is -2.10. The average molecular weight is 322 g/mol. The number of rotatable bonds is 4. The zero-order valence-electron chi connectivity index (χ0n) is 10.9. The molecule has 2 aromatic rings. The Hall–Kier alpha value is -1.52. The lowest BCUT2D eigenvalue weighted by Gasteiger charge is -2.22. The molecule has 0 aliphatic rings. The van der Waals surface area contributed by atoms with Gasteiger partial charge in [0.2, 0.25) is 0 Å². The number of methoxy groups -OCH3 is 1. The highest BCUT2D eigenvalue weighted by atomic mass is 79.9. The third-order valence-corrected chi connectivity index (χ3v) is 3.78. The van der Waals surface area contributed by atoms with E-state index in [-0.39, 0.29) is 6.61 Å². The maximum atomic E-state index is 9.18. The number of halogens is 1. The van der Waals surface area contributed by atoms with Gasteiger partial charge in [-0.3, -0.25) is 0 Å². The van der Waals surface area contributed by atoms with Crippen molar-refractivity contribution >= 4 is 27.3 Å². The van der Waals surface area contributed by atoms with Crippen LogP contribution < -0.4 is 9.64 Å². The lowest BCUT2D eigenvalue weighted by molar-refractivity contribution is 0.281. The van der Waals surface area contributed by atoms with Crippen molar-refractivity contribution in [3.05, 3.63) is 52.5 Å². The summed E-state index contributed by atoms with van der Waals surface area (Å²) in [7, 11) is 3.65. The fourth-order valence-corrected chi connectivity index (χ4v) is 2.41. The molecule has 0 unspecified atom stereocenters. The molecule has 100 valence electrons. The molecular formula is C15H16BrNO2. The molecule has 0 spiro atoms. The Morgan fingerprint density at radius 2 is 1.95 bits per heavy atom. The second-order valence-corrected chi connectivity index (χ2v) is 5.02. The number of hydrogen-bond acceptors (Lipinski definition) is 3. The van der Waals surface area contributed by atoms with Crippen LogP contribution in [0.25, 0.3) is 0 Å². The van der Waals surface area contributed by atoms with Gasteiger partial charge in [0.1, 0.15) is 5.75 Å². The summed E-state index contributed by atoms with van der Waals surface area (Å²) in [5.41, 5.74) is 2.89. The number of aliphatic hydroxyl groups is 1. The van der Waals surface area contributed by atoms with Gasteiger partial charge < -0.3 is 14.7 Å². The van der Waals surface area contributed by atoms with E-state index in [9.17, 15) is 5.11 Å². The molecule has 4 heteroatoms. The van der Waals surface area contributed by atoms with Gasteiger partial charge in [0.05, 0.1) is 19.4 Å². The van der Waals surface area contributed by atoms with Crippen LogP contribution in [0.4, 0.5) is 11.4 Å². The second-order valence-electron chi connectivity index (χ2n) is 4.16. The molecule has 0 aliphatic heterocycles. The van der Waals surface area contributed by atoms with Gasteiger partial charge in [-0.15, -0.1) is 0 Å². The van der Waals surface area contributed by atoms with E-state index >= 15 is 0 Å². The molecule has 0 fully saturated rings. The molecular weight excluding hydrogens is 306 g/mol. The fraction of sp³-hybridized carbons (Fsp3) is 0.200. The Bertz CT molecular complexity index is 572. The van der Waals surface area contributed by atoms with Gasteiger partial charge in [0, 0.05) is 17.2 Å². The largest absolute Gasteiger partial charge is 0.495 e. The summed E-state index contributed by atoms with van der Waals surface area (Å²) in [6, 6.07) is 13.7. The van der Waals surface area contributed by atoms with Crippen LogP contribution in [0.2, 0.25) is 0 Å². The van der Waals surface area contributed by atoms with Crippen LogP contribution in [0.5, 0.6) is 5.75 Å². The summed E-state index contributed by atoms with van der Waals surface area (Å²) >= 11 is 3.47. The normalized spacial score (nSPS) is 10.3. The molecule has 0 heterocycles. The number of aliphatic hydroxyl groups excluding tert-OH is 1. The molecule has 1 N–H and O–H groups in total. The summed E-state index contributed by atoms with van der Waals surface area (Å²) in [6.07, 6.45) is 0. The molecule has 0 saturated carbocycles. The molecule has 2 aromatic carbocycles. The van der Waals surface area contributed by atoms with Crippen LogP contribution in [0.3, 0.4) is 0 Å². The van der Waals surface area contributed by atoms with Gasteiger partial charge in [-0.1, -0.05) is 34.1 Å². The van der Waals surface area contributed by atoms with Crippen molar-refractivity contribution in [3.63, 3.8) is 0 Å². The van der Waals surface area contributed by atoms with E-state index in [1.807, 2.05) is 54.4 Å². The van der Waals surface area contributed by atoms with Crippen molar-refractivity contribution < 1.29 is 9.84 Å². The van der Waals surface area contributed by atoms with Gasteiger partial charge in [0.25, 0.3) is 0 Å². The molecule has 0 radical (unpaired) electrons. The summed E-state index contributed by atoms with van der Waals surface area (Å²) in [6.45, 7) is 0.0270. The van der Waals surface area contributed by atoms with E-state index in [0.717, 1.165) is 27.2 Å². The van der Waals surface area contributed by atoms with E-state index < -0.39 is 0 Å². The topological polar surface area (TPSA) is 32.7 Å². The third-order valence-electron chi connectivity index (χ3n) is 3.04. The van der Waals surface area contributed by atoms with E-state index in [4.69, 9.17) is 4.74 Å². The first-order valence-corrected chi connectivity index (χ1v) is 6.72. The van der Waals surface area contributed by atoms with Crippen molar-refractivity contribution in [1.82, 2.24) is 0 Å². The predicted molar refractivity (Wildman–Crippen MR) is 81.1 cm³/mol. The van der Waals surface area contributed by atoms with Crippen LogP contribution in [0.1, 0.15) is 5.56 Å². The minimum Gasteiger partial charge on any atom is -0.495 e. The molecule has 0 aromatic heterocycles. The standard InChI is InChI=1S/C15H16BrNO2/c1-17(14-5-3-4-6-15(14)19-2)12-8-7-11(10-18)13(16)9-12/h3-9,18H,10H2,1-2H3. The van der Waals surface area contributed by atoms with Crippen LogP contribution in [0, 0.1) is 0 Å². The zero-order chi connectivity index (χ0) is 13.8. The Labute approximate surface area is 121 Å². The van der Waals surface area contributed by atoms with Gasteiger partial charge in [-0.25, -0.2) is 0 Å². The molecule has 19 heavy (non-hydrogen) atoms. The molecule has 0 atom stereocenters. The smallest absolute Gasteiger partial charge is 0.142 e. The highest BCUT2D eigenvalue weighted by Crippen LogP contribution is 2.33. The average Bonchev–Trinajstić information content (AvgIpc) is 2.46. The van der Waals surface area contributed by atoms with Gasteiger partial charge in [0.15, 0.2) is 0 Å². The van der Waals surface area contributed by atoms with Crippen LogP contribution >= 0.6 is 15.9 Å². The number of nitrogens with zero attached hydrogens (tertiary/aromatic N) is 1. The Balaban J connectivity index is 2.38. The first-order chi connectivity index (χ1) is 9.17. The van der Waals surface area contributed by atoms with E-state index in [0.29, 0.717) is 0 Å². The highest BCUT2D eigenvalue weighted by Gasteiger charge is 2.10. The number of hydrogen-bond donors (Lipinski definition) is 1. The molecule has 2 rings (SSSR count). The van der Waals surface area contributed by atoms with Gasteiger partial charge in [-0.05, 0) is 29.8 Å². The fourth-order valence-electron chi connectivity index (χ4n) is 1.92. The van der Waals surface area contributed by atoms with Crippen LogP contribution in [-0.4, -0.2) is 19.3 Å². The number of anilines is 2. The number of para-hydroxylation sites is 2. The van der Waals surface area contributed by atoms with Crippen molar-refractivity contribution in [1.29, 1.82) is 0 Å². The molecule has 0 amide bonds. The number of ether oxygens (including phenoxy) is 1. The Morgan fingerprint density at radius 1 is 1.21 bits per heavy atom. The maximum Gasteiger partial charge on any atom is 0.142 e. The lowest BCUT2D eigenvalue weighted by atomic mass is 10.2. The second kappa shape index (κ2) is 6.08. The maximum absolute atomic E-state index is 9.18. The van der Waals surface area contributed by atoms with Crippen molar-refractivity contribution in [2.75, 3.05) is 19.1 Å². The quantitative estimate of drug-likeness (QED) is 0.931. The van der Waals surface area contributed by atoms with Crippen molar-refractivity contribution in [3.8, 4) is 5.75 Å². The summed E-state index contributed by atoms with van der Waals surface area (Å²) in [4.78, 5) is 2.05. The van der Waals surface area contributed by atoms with Crippen molar-refractivity contribution in [2.45, 2.75) is 6.61 Å². The monoisotopic (exact) mass is 321 g/mol. The minimum absolute atomic E-state index is 0.0270. The third kappa shape index (κ3) is 2.91. The van der Waals surface area contributed by atoms with E-state index in [1.165, 1.54) is 0 Å². The van der Waals surface area contributed by atoms with E-state index in [2.05, 4.69) is 15.9 Å². The van der Waals surface area contributed by atoms with E-state index in [1.54, 1.807) is 7.11 Å². The molecule has 0 saturated heterocycles. The summed E-state index contributed by atoms with van der Waals surface area (Å²) in [5.74, 6) is 0.826. The predicted octanol–water partition coefficient (Wildman–Crippen LogP) is 3.72. The zero-order valence-corrected chi connectivity index (χ0v) is 12.5. The summed E-state index contributed by atoms with van der Waals surface area (Å²) < 4.78 is 6.27. The Morgan fingerprint density at radius 3 is 2.58 bits per heavy atom. The number of benzene rings is 2. The van der Waals surface area contributed by atoms with Crippen LogP contribution in [-0.2, 0) is 6.61 Å². The first-order valence-electron chi connectivity index (χ1n) is 5.93. The molecule has 0 aliphatic carbocycles. The molecule has 3 nitrogen and oxygen atoms in total. The SMILES string of the molecule is COc1ccccc1N(C)c1ccc(CO)c(Br)c1.